The van der Waals surface area contributed by atoms with Crippen LogP contribution < -0.4 is 43.0 Å². The van der Waals surface area contributed by atoms with Crippen LogP contribution in [0.15, 0.2) is 91.0 Å². The number of aliphatic hydroxyl groups is 1. The third-order valence-corrected chi connectivity index (χ3v) is 21.9. The number of ketones is 6. The number of carboxylic acids is 1. The second-order valence-corrected chi connectivity index (χ2v) is 32.5. The van der Waals surface area contributed by atoms with Crippen LogP contribution in [0.25, 0.3) is 22.9 Å². The molecule has 0 bridgehead atoms. The van der Waals surface area contributed by atoms with E-state index in [0.29, 0.717) is 49.8 Å². The van der Waals surface area contributed by atoms with Gasteiger partial charge in [0.05, 0.1) is 41.8 Å². The van der Waals surface area contributed by atoms with Crippen LogP contribution in [0.2, 0.25) is 5.02 Å². The SMILES string of the molecule is CC[C@H](C)C(=O)C[C@@H](Cc1ccc(O)cc1)C(=O)N[C@H](C(=O)C[C@@H](CCC(N)=O)C(=O)NCc1ccc(CNC(=O)[C@@H]([NH-])CC[NH-])cc1)[C@@H](C)CC.CC[C@H](NC(=O)[C@@H](CCC(=O)O)CC(=O)[C@H](Cc1ccc(O)cc1)NC(=O)[C@@H]([NH-])CC[NH-])C(C)=O.CNC(=O)[C@@H](CC(=O)CNC(=O)[C@@H](CC(=O)[C@@H]1C[C@@H](O)CN1C)Cc1ccc(O)c(Cl)c1)CC(C)C.[Y].[Y].[Y].[Y]. The average Bonchev–Trinajstić information content (AvgIpc) is 1.79. The first-order chi connectivity index (χ1) is 58.1. The van der Waals surface area contributed by atoms with E-state index in [1.165, 1.54) is 50.4 Å². The number of nitrogens with two attached hydrogens (primary N) is 1. The molecule has 0 unspecified atom stereocenters. The minimum Gasteiger partial charge on any atom is -0.677 e. The van der Waals surface area contributed by atoms with Crippen LogP contribution in [0.4, 0.5) is 0 Å². The van der Waals surface area contributed by atoms with E-state index in [-0.39, 0.29) is 328 Å². The number of rotatable bonds is 53. The number of benzene rings is 4. The molecule has 33 nitrogen and oxygen atoms in total. The topological polar surface area (TPSA) is 566 Å². The molecular formula is C89H128ClN13O20Y4-4. The molecular weight excluding hydrogens is 1960 g/mol. The van der Waals surface area contributed by atoms with Crippen molar-refractivity contribution < 1.29 is 228 Å². The number of aliphatic hydroxyl groups excluding tert-OH is 1. The van der Waals surface area contributed by atoms with Gasteiger partial charge in [0, 0.05) is 238 Å². The first kappa shape index (κ1) is 123. The van der Waals surface area contributed by atoms with E-state index in [2.05, 4.69) is 37.2 Å². The summed E-state index contributed by atoms with van der Waals surface area (Å²) in [6.07, 6.45) is 1.10. The predicted molar refractivity (Wildman–Crippen MR) is 465 cm³/mol. The van der Waals surface area contributed by atoms with Crippen LogP contribution in [0.1, 0.15) is 186 Å². The summed E-state index contributed by atoms with van der Waals surface area (Å²) in [5.74, 6) is -11.0. The maximum absolute atomic E-state index is 13.9. The predicted octanol–water partition coefficient (Wildman–Crippen LogP) is 8.63. The van der Waals surface area contributed by atoms with Gasteiger partial charge in [0.2, 0.25) is 47.3 Å². The molecule has 0 spiro atoms. The third-order valence-electron chi connectivity index (χ3n) is 21.6. The van der Waals surface area contributed by atoms with Gasteiger partial charge in [0.15, 0.2) is 28.9 Å². The van der Waals surface area contributed by atoms with E-state index in [4.69, 9.17) is 45.4 Å². The van der Waals surface area contributed by atoms with E-state index >= 15 is 0 Å². The Labute approximate surface area is 851 Å². The van der Waals surface area contributed by atoms with Crippen LogP contribution in [0.5, 0.6) is 17.2 Å². The monoisotopic (exact) mass is 2090 g/mol. The number of nitrogens with one attached hydrogen (secondary N) is 11. The van der Waals surface area contributed by atoms with Crippen LogP contribution in [0.3, 0.4) is 0 Å². The first-order valence-electron chi connectivity index (χ1n) is 41.9. The van der Waals surface area contributed by atoms with Crippen molar-refractivity contribution in [3.05, 3.63) is 147 Å². The molecule has 1 fully saturated rings. The number of carboxylic acid groups (broad SMARTS) is 1. The van der Waals surface area contributed by atoms with Crippen LogP contribution >= 0.6 is 11.6 Å². The average molecular weight is 2090 g/mol. The van der Waals surface area contributed by atoms with Gasteiger partial charge < -0.3 is 91.4 Å². The number of halogens is 1. The summed E-state index contributed by atoms with van der Waals surface area (Å²) in [6.45, 7) is 14.8. The quantitative estimate of drug-likeness (QED) is 0.0197. The van der Waals surface area contributed by atoms with E-state index in [1.54, 1.807) is 73.5 Å². The summed E-state index contributed by atoms with van der Waals surface area (Å²) < 4.78 is 0. The largest absolute Gasteiger partial charge is 0.677 e. The van der Waals surface area contributed by atoms with Gasteiger partial charge >= 0.3 is 5.97 Å². The summed E-state index contributed by atoms with van der Waals surface area (Å²) in [6, 6.07) is 18.6. The van der Waals surface area contributed by atoms with Crippen molar-refractivity contribution >= 4 is 99.5 Å². The number of aliphatic carboxylic acids is 1. The van der Waals surface area contributed by atoms with Gasteiger partial charge in [-0.05, 0) is 148 Å². The van der Waals surface area contributed by atoms with Crippen molar-refractivity contribution in [2.45, 2.75) is 233 Å². The zero-order valence-electron chi connectivity index (χ0n) is 74.6. The number of carbonyl (C=O) groups excluding carboxylic acids is 14. The van der Waals surface area contributed by atoms with Gasteiger partial charge in [-0.15, -0.1) is 0 Å². The Hall–Kier alpha value is -6.00. The molecule has 8 amide bonds. The number of likely N-dealkylation sites (tertiary alicyclic amines) is 1. The fourth-order valence-electron chi connectivity index (χ4n) is 13.7. The third kappa shape index (κ3) is 47.3. The number of nitrogens with zero attached hydrogens (tertiary/aromatic N) is 1. The molecule has 14 atom stereocenters. The van der Waals surface area contributed by atoms with Gasteiger partial charge in [-0.2, -0.15) is 13.1 Å². The minimum absolute atomic E-state index is 0. The number of amides is 8. The van der Waals surface area contributed by atoms with Crippen molar-refractivity contribution in [3.8, 4) is 17.2 Å². The fourth-order valence-corrected chi connectivity index (χ4v) is 13.9. The number of carbonyl (C=O) groups is 15. The molecule has 692 valence electrons. The molecule has 0 aromatic heterocycles. The molecule has 5 rings (SSSR count). The molecule has 18 N–H and O–H groups in total. The number of Topliss-reactive ketones (excluding diaryl/α,β-unsaturated/α-hetero) is 6. The van der Waals surface area contributed by atoms with Gasteiger partial charge in [-0.1, -0.05) is 146 Å². The number of likely N-dealkylation sites (N-methyl/N-ethyl adjacent to an activating group) is 1. The Bertz CT molecular complexity index is 4160. The van der Waals surface area contributed by atoms with Crippen molar-refractivity contribution in [3.63, 3.8) is 0 Å². The van der Waals surface area contributed by atoms with Crippen LogP contribution in [-0.4, -0.2) is 201 Å². The minimum atomic E-state index is -1.24. The maximum Gasteiger partial charge on any atom is 0.303 e. The van der Waals surface area contributed by atoms with Crippen molar-refractivity contribution in [2.24, 2.45) is 53.1 Å². The summed E-state index contributed by atoms with van der Waals surface area (Å²) in [4.78, 5) is 192. The van der Waals surface area contributed by atoms with Crippen LogP contribution in [-0.2, 0) is 235 Å². The molecule has 4 radical (unpaired) electrons. The second kappa shape index (κ2) is 65.6. The molecule has 0 aliphatic carbocycles. The number of β-amino-alcohol motifs (C(OH)–C–C–N with tert-alkyl or cyclic N) is 1. The van der Waals surface area contributed by atoms with E-state index in [1.807, 2.05) is 41.5 Å². The fraction of sp³-hybridized carbons (Fsp3) is 0.562. The summed E-state index contributed by atoms with van der Waals surface area (Å²) >= 11 is 6.02. The molecule has 127 heavy (non-hydrogen) atoms. The summed E-state index contributed by atoms with van der Waals surface area (Å²) in [5, 5.41) is 66.8. The number of hydrogen-bond acceptors (Lipinski definition) is 20. The molecule has 1 heterocycles. The van der Waals surface area contributed by atoms with Gasteiger partial charge in [-0.3, -0.25) is 76.8 Å². The van der Waals surface area contributed by atoms with Crippen LogP contribution in [0, 0.1) is 47.3 Å². The normalized spacial score (nSPS) is 15.5. The number of phenolic OH excluding ortho intramolecular Hbond substituents is 3. The molecule has 1 aliphatic heterocycles. The summed E-state index contributed by atoms with van der Waals surface area (Å²) in [5.41, 5.74) is 38.9. The zero-order chi connectivity index (χ0) is 92.3. The molecule has 38 heteroatoms. The van der Waals surface area contributed by atoms with Gasteiger partial charge in [-0.25, -0.2) is 0 Å². The number of phenols is 3. The molecule has 4 aromatic rings. The molecule has 1 saturated heterocycles. The van der Waals surface area contributed by atoms with Crippen molar-refractivity contribution in [1.82, 2.24) is 42.1 Å². The Morgan fingerprint density at radius 2 is 0.984 bits per heavy atom. The first-order valence-corrected chi connectivity index (χ1v) is 42.2. The number of hydrogen-bond donors (Lipinski definition) is 13. The number of aromatic hydroxyl groups is 3. The Morgan fingerprint density at radius 1 is 0.520 bits per heavy atom. The smallest absolute Gasteiger partial charge is 0.303 e. The summed E-state index contributed by atoms with van der Waals surface area (Å²) in [7, 11) is 3.28. The van der Waals surface area contributed by atoms with Gasteiger partial charge in [0.1, 0.15) is 23.0 Å². The van der Waals surface area contributed by atoms with Crippen molar-refractivity contribution in [2.75, 3.05) is 40.3 Å². The zero-order valence-corrected chi connectivity index (χ0v) is 86.7. The number of primary amides is 1. The van der Waals surface area contributed by atoms with E-state index < -0.39 is 125 Å². The van der Waals surface area contributed by atoms with E-state index in [9.17, 15) is 92.3 Å². The van der Waals surface area contributed by atoms with Gasteiger partial charge in [0.25, 0.3) is 0 Å². The molecule has 1 aliphatic rings. The Kier molecular flexibility index (Phi) is 63.5. The maximum atomic E-state index is 13.9. The van der Waals surface area contributed by atoms with E-state index in [0.717, 1.165) is 16.7 Å². The van der Waals surface area contributed by atoms with Crippen molar-refractivity contribution in [1.29, 1.82) is 0 Å². The Morgan fingerprint density at radius 3 is 1.46 bits per heavy atom. The second-order valence-electron chi connectivity index (χ2n) is 32.1. The standard InChI is InChI=1S/C39H56N6O7.C26H38ClN3O6.C24H34N4O7.4Y/c1-5-24(3)33(47)21-30(19-26-11-14-31(46)15-12-26)38(51)45-36(25(4)6-2)34(48)20-29(13-16-35(42)49)37(50)43-22-27-7-9-28(10-8-27)23-44-39(52)32(41)17-18-40;1-15(2)7-17(25(35)28-3)10-19(31)13-29-26(36)18(8-16-5-6-23(33)21(27)9-16)11-24(34)22-12-20(32)14-30(22)4;1-3-19(14(2)29)27-23(34)16(6-9-22(32)33)13-21(31)20(28-24(35)18(26)10-11-25)12-15-4-7-17(30)8-5-15;;;;/h7-12,14-15,24-25,29-30,32,36,40-41,46H,5-6,13,16-23H2,1-4H3,(H2,42,49)(H,43,50)(H,44,52)(H,45,51);5-6,9,15,17-18,20,22,32-33H,7-8,10-14H2,1-4H3,(H,28,35)(H,29,36);4-5,7-8,16,18-20,25-26,30H,3,6,9-13H2,1-2H3,(H,27,34)(H,28,35)(H,32,33);;;;/q-2;;-2;;;;/t24-,25-,29+,30+,32-,36-;17-,18-,20-,22+;16-,18-,19-,20-;;;;/m010..../s1. The molecule has 0 saturated carbocycles. The molecule has 4 aromatic carbocycles. The Balaban J connectivity index is 0.